The van der Waals surface area contributed by atoms with Crippen molar-refractivity contribution in [1.82, 2.24) is 5.32 Å². The maximum absolute atomic E-state index is 11.4. The van der Waals surface area contributed by atoms with Gasteiger partial charge in [0, 0.05) is 25.3 Å². The van der Waals surface area contributed by atoms with Crippen LogP contribution in [0.2, 0.25) is 0 Å². The SMILES string of the molecule is O=C(O)CCCC(=O)NCC1CCCCC1O. The van der Waals surface area contributed by atoms with Crippen LogP contribution in [0, 0.1) is 5.92 Å². The Balaban J connectivity index is 2.12. The van der Waals surface area contributed by atoms with Crippen molar-refractivity contribution in [3.8, 4) is 0 Å². The van der Waals surface area contributed by atoms with E-state index in [1.165, 1.54) is 0 Å². The Morgan fingerprint density at radius 2 is 1.88 bits per heavy atom. The molecule has 1 aliphatic carbocycles. The van der Waals surface area contributed by atoms with Gasteiger partial charge in [0.1, 0.15) is 0 Å². The molecule has 0 heterocycles. The summed E-state index contributed by atoms with van der Waals surface area (Å²) in [6.07, 6.45) is 4.28. The predicted octanol–water partition coefficient (Wildman–Crippen LogP) is 0.909. The summed E-state index contributed by atoms with van der Waals surface area (Å²) >= 11 is 0. The fraction of sp³-hybridized carbons (Fsp3) is 0.833. The molecule has 1 aliphatic rings. The number of carbonyl (C=O) groups excluding carboxylic acids is 1. The highest BCUT2D eigenvalue weighted by molar-refractivity contribution is 5.76. The minimum atomic E-state index is -0.875. The highest BCUT2D eigenvalue weighted by atomic mass is 16.4. The number of aliphatic carboxylic acids is 1. The number of aliphatic hydroxyl groups excluding tert-OH is 1. The third-order valence-corrected chi connectivity index (χ3v) is 3.22. The third kappa shape index (κ3) is 5.68. The Hall–Kier alpha value is -1.10. The van der Waals surface area contributed by atoms with Gasteiger partial charge in [-0.1, -0.05) is 12.8 Å². The number of hydrogen-bond donors (Lipinski definition) is 3. The number of carboxylic acid groups (broad SMARTS) is 1. The molecule has 0 aliphatic heterocycles. The zero-order valence-corrected chi connectivity index (χ0v) is 10.0. The molecule has 0 spiro atoms. The van der Waals surface area contributed by atoms with Crippen molar-refractivity contribution in [3.63, 3.8) is 0 Å². The lowest BCUT2D eigenvalue weighted by Gasteiger charge is -2.27. The van der Waals surface area contributed by atoms with E-state index in [1.54, 1.807) is 0 Å². The highest BCUT2D eigenvalue weighted by Crippen LogP contribution is 2.23. The molecule has 5 nitrogen and oxygen atoms in total. The number of amides is 1. The van der Waals surface area contributed by atoms with Crippen molar-refractivity contribution in [2.75, 3.05) is 6.54 Å². The summed E-state index contributed by atoms with van der Waals surface area (Å²) in [7, 11) is 0. The Morgan fingerprint density at radius 3 is 2.53 bits per heavy atom. The first-order valence-corrected chi connectivity index (χ1v) is 6.26. The van der Waals surface area contributed by atoms with E-state index in [2.05, 4.69) is 5.32 Å². The second kappa shape index (κ2) is 7.27. The highest BCUT2D eigenvalue weighted by Gasteiger charge is 2.23. The van der Waals surface area contributed by atoms with Gasteiger partial charge in [0.2, 0.25) is 5.91 Å². The average Bonchev–Trinajstić information content (AvgIpc) is 2.27. The van der Waals surface area contributed by atoms with Gasteiger partial charge in [0.15, 0.2) is 0 Å². The third-order valence-electron chi connectivity index (χ3n) is 3.22. The lowest BCUT2D eigenvalue weighted by Crippen LogP contribution is -2.36. The first-order chi connectivity index (χ1) is 8.09. The molecule has 0 aromatic heterocycles. The van der Waals surface area contributed by atoms with Crippen LogP contribution in [-0.4, -0.2) is 34.7 Å². The predicted molar refractivity (Wildman–Crippen MR) is 62.5 cm³/mol. The number of aliphatic hydroxyl groups is 1. The molecule has 0 bridgehead atoms. The van der Waals surface area contributed by atoms with Crippen LogP contribution in [0.3, 0.4) is 0 Å². The normalized spacial score (nSPS) is 24.3. The van der Waals surface area contributed by atoms with Crippen LogP contribution in [-0.2, 0) is 9.59 Å². The minimum Gasteiger partial charge on any atom is -0.481 e. The summed E-state index contributed by atoms with van der Waals surface area (Å²) in [5.41, 5.74) is 0. The fourth-order valence-electron chi connectivity index (χ4n) is 2.16. The molecule has 2 atom stereocenters. The summed E-state index contributed by atoms with van der Waals surface area (Å²) in [5.74, 6) is -0.836. The molecule has 17 heavy (non-hydrogen) atoms. The molecule has 0 aromatic carbocycles. The van der Waals surface area contributed by atoms with Gasteiger partial charge >= 0.3 is 5.97 Å². The molecule has 2 unspecified atom stereocenters. The van der Waals surface area contributed by atoms with Crippen LogP contribution in [0.25, 0.3) is 0 Å². The number of nitrogens with one attached hydrogen (secondary N) is 1. The number of rotatable bonds is 6. The van der Waals surface area contributed by atoms with E-state index in [4.69, 9.17) is 5.11 Å². The summed E-state index contributed by atoms with van der Waals surface area (Å²) in [6.45, 7) is 0.507. The molecule has 1 rings (SSSR count). The lowest BCUT2D eigenvalue weighted by molar-refractivity contribution is -0.137. The maximum Gasteiger partial charge on any atom is 0.303 e. The van der Waals surface area contributed by atoms with Crippen LogP contribution in [0.4, 0.5) is 0 Å². The van der Waals surface area contributed by atoms with E-state index in [0.717, 1.165) is 25.7 Å². The van der Waals surface area contributed by atoms with Gasteiger partial charge in [-0.15, -0.1) is 0 Å². The van der Waals surface area contributed by atoms with Crippen molar-refractivity contribution in [2.45, 2.75) is 51.0 Å². The summed E-state index contributed by atoms with van der Waals surface area (Å²) < 4.78 is 0. The van der Waals surface area contributed by atoms with Crippen molar-refractivity contribution < 1.29 is 19.8 Å². The van der Waals surface area contributed by atoms with Crippen LogP contribution < -0.4 is 5.32 Å². The second-order valence-electron chi connectivity index (χ2n) is 4.66. The second-order valence-corrected chi connectivity index (χ2v) is 4.66. The molecule has 0 radical (unpaired) electrons. The molecule has 3 N–H and O–H groups in total. The summed E-state index contributed by atoms with van der Waals surface area (Å²) in [5, 5.41) is 20.9. The Kier molecular flexibility index (Phi) is 5.97. The molecule has 0 saturated heterocycles. The van der Waals surface area contributed by atoms with Gasteiger partial charge in [-0.25, -0.2) is 0 Å². The van der Waals surface area contributed by atoms with E-state index in [1.807, 2.05) is 0 Å². The lowest BCUT2D eigenvalue weighted by atomic mass is 9.86. The summed E-state index contributed by atoms with van der Waals surface area (Å²) in [4.78, 5) is 21.7. The maximum atomic E-state index is 11.4. The van der Waals surface area contributed by atoms with Crippen LogP contribution in [0.15, 0.2) is 0 Å². The molecular formula is C12H21NO4. The zero-order valence-electron chi connectivity index (χ0n) is 10.0. The van der Waals surface area contributed by atoms with Crippen LogP contribution in [0.5, 0.6) is 0 Å². The molecule has 98 valence electrons. The number of carboxylic acids is 1. The largest absolute Gasteiger partial charge is 0.481 e. The van der Waals surface area contributed by atoms with E-state index in [0.29, 0.717) is 13.0 Å². The van der Waals surface area contributed by atoms with Crippen molar-refractivity contribution in [1.29, 1.82) is 0 Å². The Morgan fingerprint density at radius 1 is 1.18 bits per heavy atom. The van der Waals surface area contributed by atoms with E-state index < -0.39 is 5.97 Å². The smallest absolute Gasteiger partial charge is 0.303 e. The molecule has 1 fully saturated rings. The molecular weight excluding hydrogens is 222 g/mol. The van der Waals surface area contributed by atoms with E-state index in [9.17, 15) is 14.7 Å². The van der Waals surface area contributed by atoms with Gasteiger partial charge < -0.3 is 15.5 Å². The molecule has 0 aromatic rings. The van der Waals surface area contributed by atoms with Gasteiger partial charge in [-0.05, 0) is 19.3 Å². The van der Waals surface area contributed by atoms with Crippen molar-refractivity contribution in [3.05, 3.63) is 0 Å². The summed E-state index contributed by atoms with van der Waals surface area (Å²) in [6, 6.07) is 0. The molecule has 1 amide bonds. The number of hydrogen-bond acceptors (Lipinski definition) is 3. The Bertz CT molecular complexity index is 267. The van der Waals surface area contributed by atoms with Gasteiger partial charge in [-0.2, -0.15) is 0 Å². The van der Waals surface area contributed by atoms with Crippen molar-refractivity contribution in [2.24, 2.45) is 5.92 Å². The molecule has 5 heteroatoms. The monoisotopic (exact) mass is 243 g/mol. The Labute approximate surface area is 101 Å². The minimum absolute atomic E-state index is 0.0273. The van der Waals surface area contributed by atoms with Crippen LogP contribution >= 0.6 is 0 Å². The van der Waals surface area contributed by atoms with Gasteiger partial charge in [0.05, 0.1) is 6.10 Å². The van der Waals surface area contributed by atoms with E-state index >= 15 is 0 Å². The first kappa shape index (κ1) is 14.0. The molecule has 1 saturated carbocycles. The van der Waals surface area contributed by atoms with Gasteiger partial charge in [0.25, 0.3) is 0 Å². The standard InChI is InChI=1S/C12H21NO4/c14-10-5-2-1-4-9(10)8-13-11(15)6-3-7-12(16)17/h9-10,14H,1-8H2,(H,13,15)(H,16,17). The van der Waals surface area contributed by atoms with Crippen LogP contribution in [0.1, 0.15) is 44.9 Å². The average molecular weight is 243 g/mol. The zero-order chi connectivity index (χ0) is 12.7. The van der Waals surface area contributed by atoms with Crippen molar-refractivity contribution >= 4 is 11.9 Å². The van der Waals surface area contributed by atoms with E-state index in [-0.39, 0.29) is 30.8 Å². The number of carbonyl (C=O) groups is 2. The quantitative estimate of drug-likeness (QED) is 0.647. The van der Waals surface area contributed by atoms with Gasteiger partial charge in [-0.3, -0.25) is 9.59 Å². The fourth-order valence-corrected chi connectivity index (χ4v) is 2.16. The topological polar surface area (TPSA) is 86.6 Å². The first-order valence-electron chi connectivity index (χ1n) is 6.26.